The molecule has 1 N–H and O–H groups in total. The number of pyridine rings is 2. The number of fused-ring (bicyclic) bond motifs is 1. The topological polar surface area (TPSA) is 66.5 Å². The number of nitrogens with zero attached hydrogens (tertiary/aromatic N) is 4. The summed E-state index contributed by atoms with van der Waals surface area (Å²) in [6.45, 7) is 2.88. The lowest BCUT2D eigenvalue weighted by atomic mass is 10.1. The Bertz CT molecular complexity index is 1360. The van der Waals surface area contributed by atoms with E-state index >= 15 is 0 Å². The van der Waals surface area contributed by atoms with Crippen molar-refractivity contribution in [3.05, 3.63) is 71.9 Å². The van der Waals surface area contributed by atoms with Gasteiger partial charge in [-0.3, -0.25) is 9.97 Å². The van der Waals surface area contributed by atoms with Crippen molar-refractivity contribution in [2.24, 2.45) is 0 Å². The molecule has 0 aliphatic heterocycles. The number of nitriles is 1. The standard InChI is InChI=1S/C24H19F4N5S/c1-3-15-9-22-18(10-20(15)25)19(11-29)23(33(22)16-5-4-8-30-12-16)21-7-6-17(13-31-21)34-32-14(2)24(26,27)28/h4-10,12-14,32H,3H2,1-2H3. The number of alkyl halides is 3. The number of halogens is 4. The van der Waals surface area contributed by atoms with Crippen molar-refractivity contribution >= 4 is 22.9 Å². The van der Waals surface area contributed by atoms with Gasteiger partial charge in [0.05, 0.1) is 34.4 Å². The molecule has 10 heteroatoms. The molecule has 0 aliphatic carbocycles. The minimum atomic E-state index is -4.36. The van der Waals surface area contributed by atoms with E-state index in [1.165, 1.54) is 12.3 Å². The number of hydrogen-bond donors (Lipinski definition) is 1. The molecule has 3 heterocycles. The Labute approximate surface area is 197 Å². The van der Waals surface area contributed by atoms with E-state index < -0.39 is 18.0 Å². The summed E-state index contributed by atoms with van der Waals surface area (Å²) in [7, 11) is 0. The van der Waals surface area contributed by atoms with Crippen LogP contribution in [0, 0.1) is 17.1 Å². The first kappa shape index (κ1) is 23.7. The summed E-state index contributed by atoms with van der Waals surface area (Å²) in [5, 5.41) is 10.4. The number of rotatable bonds is 6. The van der Waals surface area contributed by atoms with Crippen LogP contribution in [-0.2, 0) is 6.42 Å². The predicted octanol–water partition coefficient (Wildman–Crippen LogP) is 6.21. The SMILES string of the molecule is CCc1cc2c(cc1F)c(C#N)c(-c1ccc(SNC(C)C(F)(F)F)cn1)n2-c1cccnc1. The van der Waals surface area contributed by atoms with Gasteiger partial charge in [0, 0.05) is 22.7 Å². The normalized spacial score (nSPS) is 12.6. The Kier molecular flexibility index (Phi) is 6.59. The van der Waals surface area contributed by atoms with Gasteiger partial charge in [0.1, 0.15) is 17.9 Å². The fourth-order valence-corrected chi connectivity index (χ4v) is 4.22. The fourth-order valence-electron chi connectivity index (χ4n) is 3.54. The van der Waals surface area contributed by atoms with E-state index in [-0.39, 0.29) is 5.56 Å². The van der Waals surface area contributed by atoms with Crippen LogP contribution in [0.4, 0.5) is 17.6 Å². The highest BCUT2D eigenvalue weighted by Gasteiger charge is 2.35. The number of benzene rings is 1. The molecule has 4 rings (SSSR count). The number of hydrogen-bond acceptors (Lipinski definition) is 5. The summed E-state index contributed by atoms with van der Waals surface area (Å²) in [6, 6.07) is 10.4. The van der Waals surface area contributed by atoms with Gasteiger partial charge < -0.3 is 4.57 Å². The molecule has 1 unspecified atom stereocenters. The van der Waals surface area contributed by atoms with Crippen molar-refractivity contribution in [3.8, 4) is 23.1 Å². The number of aryl methyl sites for hydroxylation is 1. The highest BCUT2D eigenvalue weighted by Crippen LogP contribution is 2.37. The van der Waals surface area contributed by atoms with Crippen molar-refractivity contribution in [2.45, 2.75) is 37.4 Å². The first-order valence-corrected chi connectivity index (χ1v) is 11.2. The monoisotopic (exact) mass is 485 g/mol. The van der Waals surface area contributed by atoms with Gasteiger partial charge in [-0.15, -0.1) is 0 Å². The Balaban J connectivity index is 1.84. The summed E-state index contributed by atoms with van der Waals surface area (Å²) >= 11 is 0.818. The minimum Gasteiger partial charge on any atom is -0.305 e. The quantitative estimate of drug-likeness (QED) is 0.260. The maximum absolute atomic E-state index is 14.6. The zero-order chi connectivity index (χ0) is 24.5. The molecule has 0 amide bonds. The maximum Gasteiger partial charge on any atom is 0.404 e. The Morgan fingerprint density at radius 3 is 2.59 bits per heavy atom. The van der Waals surface area contributed by atoms with E-state index in [9.17, 15) is 22.8 Å². The lowest BCUT2D eigenvalue weighted by molar-refractivity contribution is -0.146. The van der Waals surface area contributed by atoms with Gasteiger partial charge in [-0.2, -0.15) is 18.4 Å². The van der Waals surface area contributed by atoms with Gasteiger partial charge in [-0.25, -0.2) is 9.11 Å². The lowest BCUT2D eigenvalue weighted by Gasteiger charge is -2.16. The molecule has 0 spiro atoms. The zero-order valence-corrected chi connectivity index (χ0v) is 19.0. The molecular weight excluding hydrogens is 466 g/mol. The van der Waals surface area contributed by atoms with Crippen molar-refractivity contribution in [1.29, 1.82) is 5.26 Å². The maximum atomic E-state index is 14.6. The van der Waals surface area contributed by atoms with Gasteiger partial charge >= 0.3 is 6.18 Å². The van der Waals surface area contributed by atoms with Crippen LogP contribution >= 0.6 is 11.9 Å². The summed E-state index contributed by atoms with van der Waals surface area (Å²) in [6.07, 6.45) is 0.798. The van der Waals surface area contributed by atoms with Crippen LogP contribution in [0.3, 0.4) is 0 Å². The van der Waals surface area contributed by atoms with Crippen LogP contribution in [0.1, 0.15) is 25.0 Å². The molecule has 0 saturated carbocycles. The van der Waals surface area contributed by atoms with Crippen molar-refractivity contribution in [3.63, 3.8) is 0 Å². The summed E-state index contributed by atoms with van der Waals surface area (Å²) in [5.41, 5.74) is 2.93. The Hall–Kier alpha value is -3.42. The third kappa shape index (κ3) is 4.49. The summed E-state index contributed by atoms with van der Waals surface area (Å²) in [5.74, 6) is -0.397. The predicted molar refractivity (Wildman–Crippen MR) is 123 cm³/mol. The minimum absolute atomic E-state index is 0.247. The largest absolute Gasteiger partial charge is 0.404 e. The molecule has 0 aliphatic rings. The third-order valence-electron chi connectivity index (χ3n) is 5.36. The van der Waals surface area contributed by atoms with E-state index in [2.05, 4.69) is 20.8 Å². The van der Waals surface area contributed by atoms with Crippen molar-refractivity contribution in [2.75, 3.05) is 0 Å². The average molecular weight is 486 g/mol. The van der Waals surface area contributed by atoms with Crippen LogP contribution in [-0.4, -0.2) is 26.8 Å². The van der Waals surface area contributed by atoms with Gasteiger partial charge in [0.15, 0.2) is 0 Å². The lowest BCUT2D eigenvalue weighted by Crippen LogP contribution is -2.35. The van der Waals surface area contributed by atoms with E-state index in [4.69, 9.17) is 0 Å². The van der Waals surface area contributed by atoms with Crippen LogP contribution in [0.25, 0.3) is 28.0 Å². The number of nitrogens with one attached hydrogen (secondary N) is 1. The molecule has 1 aromatic carbocycles. The molecule has 4 aromatic rings. The van der Waals surface area contributed by atoms with E-state index in [1.54, 1.807) is 41.2 Å². The fraction of sp³-hybridized carbons (Fsp3) is 0.208. The molecule has 0 radical (unpaired) electrons. The Morgan fingerprint density at radius 1 is 1.21 bits per heavy atom. The van der Waals surface area contributed by atoms with Gasteiger partial charge in [0.25, 0.3) is 0 Å². The summed E-state index contributed by atoms with van der Waals surface area (Å²) < 4.78 is 57.0. The molecule has 174 valence electrons. The molecule has 0 bridgehead atoms. The second-order valence-corrected chi connectivity index (χ2v) is 8.47. The van der Waals surface area contributed by atoms with Crippen LogP contribution in [0.2, 0.25) is 0 Å². The molecular formula is C24H19F4N5S. The Morgan fingerprint density at radius 2 is 2.00 bits per heavy atom. The summed E-state index contributed by atoms with van der Waals surface area (Å²) in [4.78, 5) is 9.06. The smallest absolute Gasteiger partial charge is 0.305 e. The molecule has 0 saturated heterocycles. The molecule has 0 fully saturated rings. The third-order valence-corrected chi connectivity index (χ3v) is 6.30. The van der Waals surface area contributed by atoms with Crippen LogP contribution in [0.15, 0.2) is 59.9 Å². The highest BCUT2D eigenvalue weighted by atomic mass is 32.2. The highest BCUT2D eigenvalue weighted by molar-refractivity contribution is 7.97. The van der Waals surface area contributed by atoms with Gasteiger partial charge in [-0.05, 0) is 67.3 Å². The molecule has 3 aromatic heterocycles. The van der Waals surface area contributed by atoms with E-state index in [0.717, 1.165) is 18.9 Å². The zero-order valence-electron chi connectivity index (χ0n) is 18.2. The average Bonchev–Trinajstić information content (AvgIpc) is 3.15. The number of aromatic nitrogens is 3. The van der Waals surface area contributed by atoms with Gasteiger partial charge in [-0.1, -0.05) is 6.92 Å². The first-order valence-electron chi connectivity index (χ1n) is 10.4. The second-order valence-electron chi connectivity index (χ2n) is 7.56. The second kappa shape index (κ2) is 9.44. The molecule has 5 nitrogen and oxygen atoms in total. The first-order chi connectivity index (χ1) is 16.2. The molecule has 34 heavy (non-hydrogen) atoms. The van der Waals surface area contributed by atoms with Crippen LogP contribution < -0.4 is 4.72 Å². The van der Waals surface area contributed by atoms with Crippen molar-refractivity contribution in [1.82, 2.24) is 19.3 Å². The van der Waals surface area contributed by atoms with Crippen molar-refractivity contribution < 1.29 is 17.6 Å². The van der Waals surface area contributed by atoms with E-state index in [1.807, 2.05) is 13.0 Å². The van der Waals surface area contributed by atoms with Gasteiger partial charge in [0.2, 0.25) is 0 Å². The van der Waals surface area contributed by atoms with E-state index in [0.29, 0.717) is 44.9 Å². The van der Waals surface area contributed by atoms with Crippen LogP contribution in [0.5, 0.6) is 0 Å². The molecule has 1 atom stereocenters.